The first-order valence-electron chi connectivity index (χ1n) is 0. The van der Waals surface area contributed by atoms with Gasteiger partial charge < -0.3 is 15.2 Å². The van der Waals surface area contributed by atoms with Gasteiger partial charge in [-0.2, -0.15) is 0 Å². The van der Waals surface area contributed by atoms with E-state index in [1.165, 1.54) is 0 Å². The first-order valence-corrected chi connectivity index (χ1v) is 0. The minimum Gasteiger partial charge on any atom is -1.00 e. The molecule has 0 unspecified atom stereocenters. The number of hydrogen-bond acceptors (Lipinski definition) is 2. The van der Waals surface area contributed by atoms with E-state index in [1.807, 2.05) is 0 Å². The third-order valence-corrected chi connectivity index (χ3v) is 0. The summed E-state index contributed by atoms with van der Waals surface area (Å²) < 4.78 is 0. The van der Waals surface area contributed by atoms with E-state index in [9.17, 15) is 0 Å². The van der Waals surface area contributed by atoms with Crippen LogP contribution in [0.25, 0.3) is 0 Å². The summed E-state index contributed by atoms with van der Waals surface area (Å²) in [6.07, 6.45) is 0. The summed E-state index contributed by atoms with van der Waals surface area (Å²) in [6.45, 7) is 0. The zero-order chi connectivity index (χ0) is 0. The molecule has 6 N–H and O–H groups in total. The van der Waals surface area contributed by atoms with Crippen molar-refractivity contribution in [3.8, 4) is 0 Å². The summed E-state index contributed by atoms with van der Waals surface area (Å²) >= 11 is 0. The van der Waals surface area contributed by atoms with Crippen LogP contribution < -0.4 is 115 Å². The van der Waals surface area contributed by atoms with Gasteiger partial charge in [-0.25, -0.2) is 0 Å². The summed E-state index contributed by atoms with van der Waals surface area (Å²) in [5.41, 5.74) is 0. The third kappa shape index (κ3) is 25.0. The van der Waals surface area contributed by atoms with Crippen LogP contribution in [0.5, 0.6) is 0 Å². The Morgan fingerprint density at radius 3 is 0.667 bits per heavy atom. The minimum atomic E-state index is 0. The molecule has 0 fully saturated rings. The fourth-order valence-corrected chi connectivity index (χ4v) is 0. The summed E-state index contributed by atoms with van der Waals surface area (Å²) in [4.78, 5) is 0. The van der Waals surface area contributed by atoms with Crippen LogP contribution in [0.3, 0.4) is 0 Å². The van der Waals surface area contributed by atoms with Crippen LogP contribution in [0.2, 0.25) is 0 Å². The largest absolute Gasteiger partial charge is 1.00 e. The van der Waals surface area contributed by atoms with Crippen molar-refractivity contribution in [1.82, 2.24) is 12.3 Å². The molecule has 6 heavy (non-hydrogen) atoms. The molecular formula is H10Cl2K2N2. The molecule has 0 aliphatic rings. The quantitative estimate of drug-likeness (QED) is 0.375. The average Bonchev–Trinajstić information content (AvgIpc) is 0. The molecule has 0 bridgehead atoms. The fourth-order valence-electron chi connectivity index (χ4n) is 0. The van der Waals surface area contributed by atoms with Crippen molar-refractivity contribution in [2.75, 3.05) is 0 Å². The molecular weight excluding hydrogens is 177 g/mol. The summed E-state index contributed by atoms with van der Waals surface area (Å²) in [7, 11) is 0. The monoisotopic (exact) mass is 186 g/mol. The van der Waals surface area contributed by atoms with E-state index in [4.69, 9.17) is 0 Å². The Balaban J connectivity index is 0. The Labute approximate surface area is 139 Å². The van der Waals surface area contributed by atoms with Crippen LogP contribution in [0.15, 0.2) is 0 Å². The maximum Gasteiger partial charge on any atom is 1.00 e. The molecule has 0 saturated carbocycles. The first kappa shape index (κ1) is 52.8. The second-order valence-corrected chi connectivity index (χ2v) is 0. The van der Waals surface area contributed by atoms with E-state index in [1.54, 1.807) is 0 Å². The molecule has 0 saturated heterocycles. The van der Waals surface area contributed by atoms with Gasteiger partial charge in [0.1, 0.15) is 0 Å². The maximum atomic E-state index is 0. The summed E-state index contributed by atoms with van der Waals surface area (Å²) in [5.74, 6) is 0. The van der Waals surface area contributed by atoms with Crippen molar-refractivity contribution >= 4 is 24.8 Å². The average molecular weight is 187 g/mol. The van der Waals surface area contributed by atoms with Gasteiger partial charge in [-0.3, -0.25) is 0 Å². The van der Waals surface area contributed by atoms with Crippen LogP contribution in [0.1, 0.15) is 2.85 Å². The van der Waals surface area contributed by atoms with Crippen LogP contribution in [-0.2, 0) is 0 Å². The van der Waals surface area contributed by atoms with Crippen molar-refractivity contribution in [2.24, 2.45) is 0 Å². The van der Waals surface area contributed by atoms with Crippen LogP contribution in [-0.4, -0.2) is 0 Å². The van der Waals surface area contributed by atoms with Crippen LogP contribution in [0, 0.1) is 0 Å². The molecule has 36 valence electrons. The molecule has 0 amide bonds. The molecule has 6 heteroatoms. The minimum absolute atomic E-state index is 0. The molecule has 0 radical (unpaired) electrons. The smallest absolute Gasteiger partial charge is 1.00 e. The molecule has 0 aromatic heterocycles. The number of hydrogen-bond donors (Lipinski definition) is 2. The molecule has 0 heterocycles. The normalized spacial score (nSPS) is 0. The Kier molecular flexibility index (Phi) is 328. The SMILES string of the molecule is Cl.Cl.N.N.[H-].[H-].[K+].[K+]. The zero-order valence-electron chi connectivity index (χ0n) is 6.23. The zero-order valence-corrected chi connectivity index (χ0v) is 12.1. The number of rotatable bonds is 0. The maximum absolute atomic E-state index is 0. The Bertz CT molecular complexity index is 16.0. The van der Waals surface area contributed by atoms with Crippen LogP contribution >= 0.6 is 24.8 Å². The molecule has 0 aliphatic heterocycles. The van der Waals surface area contributed by atoms with Crippen molar-refractivity contribution < 1.29 is 106 Å². The van der Waals surface area contributed by atoms with Gasteiger partial charge in [-0.05, 0) is 0 Å². The molecule has 0 rings (SSSR count). The Morgan fingerprint density at radius 1 is 0.667 bits per heavy atom. The summed E-state index contributed by atoms with van der Waals surface area (Å²) in [5, 5.41) is 0. The Hall–Kier alpha value is 3.77. The van der Waals surface area contributed by atoms with Gasteiger partial charge in [0.05, 0.1) is 0 Å². The van der Waals surface area contributed by atoms with Gasteiger partial charge in [0.25, 0.3) is 0 Å². The molecule has 0 aliphatic carbocycles. The number of halogens is 2. The first-order chi connectivity index (χ1) is 0. The molecule has 0 spiro atoms. The Morgan fingerprint density at radius 2 is 0.667 bits per heavy atom. The molecule has 2 nitrogen and oxygen atoms in total. The van der Waals surface area contributed by atoms with Gasteiger partial charge >= 0.3 is 103 Å². The van der Waals surface area contributed by atoms with E-state index in [2.05, 4.69) is 0 Å². The second-order valence-electron chi connectivity index (χ2n) is 0. The fraction of sp³-hybridized carbons (Fsp3) is 0. The molecule has 0 aromatic carbocycles. The topological polar surface area (TPSA) is 70.0 Å². The standard InChI is InChI=1S/2ClH.2K.2H3N.2H/h2*1H;;;2*1H3;;/q;;2*+1;;;2*-1. The predicted molar refractivity (Wildman–Crippen MR) is 26.8 cm³/mol. The van der Waals surface area contributed by atoms with Crippen molar-refractivity contribution in [2.45, 2.75) is 0 Å². The van der Waals surface area contributed by atoms with Crippen molar-refractivity contribution in [3.63, 3.8) is 0 Å². The molecule has 0 atom stereocenters. The summed E-state index contributed by atoms with van der Waals surface area (Å²) in [6, 6.07) is 0. The van der Waals surface area contributed by atoms with E-state index in [0.29, 0.717) is 0 Å². The predicted octanol–water partition coefficient (Wildman–Crippen LogP) is -4.60. The molecule has 0 aromatic rings. The van der Waals surface area contributed by atoms with E-state index in [0.717, 1.165) is 0 Å². The van der Waals surface area contributed by atoms with Crippen molar-refractivity contribution in [1.29, 1.82) is 0 Å². The van der Waals surface area contributed by atoms with Crippen molar-refractivity contribution in [3.05, 3.63) is 0 Å². The third-order valence-electron chi connectivity index (χ3n) is 0. The van der Waals surface area contributed by atoms with E-state index >= 15 is 0 Å². The van der Waals surface area contributed by atoms with Gasteiger partial charge in [-0.15, -0.1) is 24.8 Å². The second kappa shape index (κ2) is 37.2. The van der Waals surface area contributed by atoms with E-state index < -0.39 is 0 Å². The van der Waals surface area contributed by atoms with E-state index in [-0.39, 0.29) is 143 Å². The van der Waals surface area contributed by atoms with Gasteiger partial charge in [0.2, 0.25) is 0 Å². The van der Waals surface area contributed by atoms with Crippen LogP contribution in [0.4, 0.5) is 0 Å². The van der Waals surface area contributed by atoms with Gasteiger partial charge in [-0.1, -0.05) is 0 Å². The van der Waals surface area contributed by atoms with Gasteiger partial charge in [0.15, 0.2) is 0 Å². The van der Waals surface area contributed by atoms with Gasteiger partial charge in [0, 0.05) is 0 Å².